The van der Waals surface area contributed by atoms with Gasteiger partial charge in [-0.25, -0.2) is 0 Å². The molecule has 1 N–H and O–H groups in total. The van der Waals surface area contributed by atoms with E-state index in [-0.39, 0.29) is 18.5 Å². The molecule has 0 heterocycles. The van der Waals surface area contributed by atoms with Gasteiger partial charge in [0.05, 0.1) is 0 Å². The van der Waals surface area contributed by atoms with Crippen LogP contribution in [0.1, 0.15) is 200 Å². The zero-order valence-electron chi connectivity index (χ0n) is 25.8. The molecule has 0 aromatic heterocycles. The van der Waals surface area contributed by atoms with Crippen molar-refractivity contribution in [3.63, 3.8) is 0 Å². The van der Waals surface area contributed by atoms with E-state index < -0.39 is 5.97 Å². The second-order valence-corrected chi connectivity index (χ2v) is 11.7. The fourth-order valence-electron chi connectivity index (χ4n) is 5.30. The molecule has 0 aromatic rings. The van der Waals surface area contributed by atoms with Crippen LogP contribution in [0, 0.1) is 0 Å². The number of unbranched alkanes of at least 4 members (excludes halogenated alkanes) is 22. The predicted octanol–water partition coefficient (Wildman–Crippen LogP) is 11.3. The molecular formula is C34H66O4. The highest BCUT2D eigenvalue weighted by molar-refractivity contribution is 5.69. The molecular weight excluding hydrogens is 472 g/mol. The summed E-state index contributed by atoms with van der Waals surface area (Å²) in [6.07, 6.45) is 33.9. The number of rotatable bonds is 31. The van der Waals surface area contributed by atoms with Gasteiger partial charge in [-0.15, -0.1) is 0 Å². The van der Waals surface area contributed by atoms with E-state index in [0.717, 1.165) is 57.8 Å². The molecule has 0 rings (SSSR count). The molecule has 0 fully saturated rings. The molecule has 1 unspecified atom stereocenters. The number of carbonyl (C=O) groups is 2. The van der Waals surface area contributed by atoms with Crippen molar-refractivity contribution in [2.45, 2.75) is 206 Å². The molecule has 0 amide bonds. The van der Waals surface area contributed by atoms with Gasteiger partial charge in [0.1, 0.15) is 6.10 Å². The molecule has 0 bridgehead atoms. The summed E-state index contributed by atoms with van der Waals surface area (Å²) in [5.74, 6) is -0.719. The maximum absolute atomic E-state index is 12.5. The zero-order valence-corrected chi connectivity index (χ0v) is 25.8. The number of hydrogen-bond acceptors (Lipinski definition) is 3. The number of ether oxygens (including phenoxy) is 1. The zero-order chi connectivity index (χ0) is 27.9. The van der Waals surface area contributed by atoms with E-state index in [4.69, 9.17) is 9.84 Å². The van der Waals surface area contributed by atoms with E-state index in [1.807, 2.05) is 0 Å². The van der Waals surface area contributed by atoms with Crippen LogP contribution in [0.5, 0.6) is 0 Å². The number of hydrogen-bond donors (Lipinski definition) is 1. The van der Waals surface area contributed by atoms with Crippen molar-refractivity contribution in [2.75, 3.05) is 0 Å². The fraction of sp³-hybridized carbons (Fsp3) is 0.941. The van der Waals surface area contributed by atoms with Crippen LogP contribution in [0.25, 0.3) is 0 Å². The number of esters is 1. The summed E-state index contributed by atoms with van der Waals surface area (Å²) >= 11 is 0. The van der Waals surface area contributed by atoms with E-state index in [1.54, 1.807) is 0 Å². The summed E-state index contributed by atoms with van der Waals surface area (Å²) < 4.78 is 5.93. The molecule has 0 aromatic carbocycles. The van der Waals surface area contributed by atoms with Gasteiger partial charge in [-0.1, -0.05) is 149 Å². The summed E-state index contributed by atoms with van der Waals surface area (Å²) in [7, 11) is 0. The smallest absolute Gasteiger partial charge is 0.306 e. The molecule has 4 heteroatoms. The summed E-state index contributed by atoms with van der Waals surface area (Å²) in [5, 5.41) is 8.79. The minimum Gasteiger partial charge on any atom is -0.481 e. The highest BCUT2D eigenvalue weighted by atomic mass is 16.5. The summed E-state index contributed by atoms with van der Waals surface area (Å²) in [4.78, 5) is 23.2. The summed E-state index contributed by atoms with van der Waals surface area (Å²) in [6, 6.07) is 0. The van der Waals surface area contributed by atoms with Crippen LogP contribution in [0.4, 0.5) is 0 Å². The molecule has 4 nitrogen and oxygen atoms in total. The lowest BCUT2D eigenvalue weighted by atomic mass is 10.0. The standard InChI is InChI=1S/C34H66O4/c1-3-5-7-9-11-13-14-15-16-17-19-21-27-31-34(37)38-32(29-25-22-23-26-30-33(35)36)28-24-20-18-12-10-8-6-4-2/h32H,3-31H2,1-2H3,(H,35,36). The first-order valence-electron chi connectivity index (χ1n) is 17.0. The molecule has 0 aliphatic rings. The Morgan fingerprint density at radius 2 is 0.789 bits per heavy atom. The minimum atomic E-state index is -0.709. The van der Waals surface area contributed by atoms with Crippen LogP contribution in [0.2, 0.25) is 0 Å². The van der Waals surface area contributed by atoms with E-state index in [0.29, 0.717) is 6.42 Å². The molecule has 0 saturated carbocycles. The maximum atomic E-state index is 12.5. The van der Waals surface area contributed by atoms with Crippen LogP contribution in [-0.2, 0) is 14.3 Å². The highest BCUT2D eigenvalue weighted by Gasteiger charge is 2.14. The van der Waals surface area contributed by atoms with Crippen molar-refractivity contribution < 1.29 is 19.4 Å². The van der Waals surface area contributed by atoms with Crippen LogP contribution < -0.4 is 0 Å². The van der Waals surface area contributed by atoms with Crippen molar-refractivity contribution >= 4 is 11.9 Å². The van der Waals surface area contributed by atoms with Gasteiger partial charge in [-0.3, -0.25) is 9.59 Å². The van der Waals surface area contributed by atoms with E-state index in [9.17, 15) is 9.59 Å². The average molecular weight is 539 g/mol. The van der Waals surface area contributed by atoms with Gasteiger partial charge >= 0.3 is 11.9 Å². The monoisotopic (exact) mass is 538 g/mol. The van der Waals surface area contributed by atoms with Crippen molar-refractivity contribution in [3.05, 3.63) is 0 Å². The molecule has 38 heavy (non-hydrogen) atoms. The predicted molar refractivity (Wildman–Crippen MR) is 163 cm³/mol. The normalized spacial score (nSPS) is 12.1. The molecule has 0 aliphatic carbocycles. The van der Waals surface area contributed by atoms with Crippen molar-refractivity contribution in [3.8, 4) is 0 Å². The van der Waals surface area contributed by atoms with Crippen molar-refractivity contribution in [2.24, 2.45) is 0 Å². The largest absolute Gasteiger partial charge is 0.481 e. The first kappa shape index (κ1) is 36.9. The minimum absolute atomic E-state index is 0.0106. The van der Waals surface area contributed by atoms with E-state index in [1.165, 1.54) is 116 Å². The van der Waals surface area contributed by atoms with Gasteiger partial charge in [0.15, 0.2) is 0 Å². The summed E-state index contributed by atoms with van der Waals surface area (Å²) in [6.45, 7) is 4.53. The Balaban J connectivity index is 3.94. The molecule has 0 radical (unpaired) electrons. The van der Waals surface area contributed by atoms with Crippen molar-refractivity contribution in [1.29, 1.82) is 0 Å². The highest BCUT2D eigenvalue weighted by Crippen LogP contribution is 2.19. The Labute approximate surface area is 237 Å². The van der Waals surface area contributed by atoms with Gasteiger partial charge in [0, 0.05) is 12.8 Å². The second-order valence-electron chi connectivity index (χ2n) is 11.7. The molecule has 0 aliphatic heterocycles. The third kappa shape index (κ3) is 29.5. The van der Waals surface area contributed by atoms with E-state index in [2.05, 4.69) is 13.8 Å². The second kappa shape index (κ2) is 30.5. The third-order valence-corrected chi connectivity index (χ3v) is 7.83. The van der Waals surface area contributed by atoms with Gasteiger partial charge in [-0.2, -0.15) is 0 Å². The Morgan fingerprint density at radius 3 is 1.16 bits per heavy atom. The van der Waals surface area contributed by atoms with Gasteiger partial charge in [0.25, 0.3) is 0 Å². The van der Waals surface area contributed by atoms with Crippen LogP contribution in [0.3, 0.4) is 0 Å². The molecule has 0 saturated heterocycles. The van der Waals surface area contributed by atoms with Gasteiger partial charge in [0.2, 0.25) is 0 Å². The van der Waals surface area contributed by atoms with Crippen LogP contribution in [0.15, 0.2) is 0 Å². The first-order chi connectivity index (χ1) is 18.6. The lowest BCUT2D eigenvalue weighted by Crippen LogP contribution is -2.18. The Bertz CT molecular complexity index is 505. The van der Waals surface area contributed by atoms with Crippen LogP contribution >= 0.6 is 0 Å². The number of aliphatic carboxylic acids is 1. The van der Waals surface area contributed by atoms with Gasteiger partial charge in [-0.05, 0) is 38.5 Å². The fourth-order valence-corrected chi connectivity index (χ4v) is 5.30. The topological polar surface area (TPSA) is 63.6 Å². The van der Waals surface area contributed by atoms with E-state index >= 15 is 0 Å². The summed E-state index contributed by atoms with van der Waals surface area (Å²) in [5.41, 5.74) is 0. The number of carbonyl (C=O) groups excluding carboxylic acids is 1. The lowest BCUT2D eigenvalue weighted by molar-refractivity contribution is -0.150. The average Bonchev–Trinajstić information content (AvgIpc) is 2.89. The molecule has 1 atom stereocenters. The number of carboxylic acid groups (broad SMARTS) is 1. The SMILES string of the molecule is CCCCCCCCCCCCCCCC(=O)OC(CCCCCCCCCC)CCCCCCC(=O)O. The quantitative estimate of drug-likeness (QED) is 0.0704. The number of carboxylic acids is 1. The Kier molecular flexibility index (Phi) is 29.6. The molecule has 226 valence electrons. The Hall–Kier alpha value is -1.06. The maximum Gasteiger partial charge on any atom is 0.306 e. The van der Waals surface area contributed by atoms with Gasteiger partial charge < -0.3 is 9.84 Å². The lowest BCUT2D eigenvalue weighted by Gasteiger charge is -2.18. The Morgan fingerprint density at radius 1 is 0.474 bits per heavy atom. The van der Waals surface area contributed by atoms with Crippen molar-refractivity contribution in [1.82, 2.24) is 0 Å². The van der Waals surface area contributed by atoms with Crippen LogP contribution in [-0.4, -0.2) is 23.1 Å². The third-order valence-electron chi connectivity index (χ3n) is 7.83. The molecule has 0 spiro atoms. The first-order valence-corrected chi connectivity index (χ1v) is 17.0.